The summed E-state index contributed by atoms with van der Waals surface area (Å²) < 4.78 is 10.1. The van der Waals surface area contributed by atoms with Crippen LogP contribution in [0.3, 0.4) is 0 Å². The van der Waals surface area contributed by atoms with Gasteiger partial charge in [0.1, 0.15) is 12.9 Å². The first-order valence-corrected chi connectivity index (χ1v) is 5.35. The highest BCUT2D eigenvalue weighted by Crippen LogP contribution is 2.09. The highest BCUT2D eigenvalue weighted by molar-refractivity contribution is 5.89. The molecule has 0 fully saturated rings. The van der Waals surface area contributed by atoms with Crippen molar-refractivity contribution in [1.82, 2.24) is 9.97 Å². The number of hydrogen-bond acceptors (Lipinski definition) is 5. The Morgan fingerprint density at radius 1 is 1.22 bits per heavy atom. The van der Waals surface area contributed by atoms with Crippen molar-refractivity contribution in [2.75, 3.05) is 7.11 Å². The lowest BCUT2D eigenvalue weighted by Crippen LogP contribution is -2.02. The second-order valence-corrected chi connectivity index (χ2v) is 3.52. The molecule has 0 aliphatic heterocycles. The van der Waals surface area contributed by atoms with Gasteiger partial charge >= 0.3 is 5.97 Å². The van der Waals surface area contributed by atoms with Gasteiger partial charge in [-0.2, -0.15) is 0 Å². The monoisotopic (exact) mass is 244 g/mol. The SMILES string of the molecule is COC(=O)c1ccc(COc2ccncn2)cc1. The fraction of sp³-hybridized carbons (Fsp3) is 0.154. The summed E-state index contributed by atoms with van der Waals surface area (Å²) in [5.41, 5.74) is 1.46. The van der Waals surface area contributed by atoms with E-state index in [4.69, 9.17) is 4.74 Å². The second kappa shape index (κ2) is 5.77. The Kier molecular flexibility index (Phi) is 3.86. The minimum atomic E-state index is -0.349. The minimum absolute atomic E-state index is 0.349. The number of methoxy groups -OCH3 is 1. The smallest absolute Gasteiger partial charge is 0.337 e. The van der Waals surface area contributed by atoms with E-state index in [1.54, 1.807) is 24.4 Å². The number of carbonyl (C=O) groups excluding carboxylic acids is 1. The molecule has 0 bridgehead atoms. The van der Waals surface area contributed by atoms with Gasteiger partial charge in [0.05, 0.1) is 12.7 Å². The Morgan fingerprint density at radius 3 is 2.61 bits per heavy atom. The van der Waals surface area contributed by atoms with Gasteiger partial charge in [0.2, 0.25) is 5.88 Å². The number of nitrogens with zero attached hydrogens (tertiary/aromatic N) is 2. The fourth-order valence-electron chi connectivity index (χ4n) is 1.38. The van der Waals surface area contributed by atoms with Gasteiger partial charge in [-0.05, 0) is 17.7 Å². The summed E-state index contributed by atoms with van der Waals surface area (Å²) in [6.45, 7) is 0.387. The average Bonchev–Trinajstić information content (AvgIpc) is 2.46. The molecule has 0 saturated heterocycles. The molecule has 0 saturated carbocycles. The molecule has 18 heavy (non-hydrogen) atoms. The van der Waals surface area contributed by atoms with Gasteiger partial charge < -0.3 is 9.47 Å². The first kappa shape index (κ1) is 12.0. The number of esters is 1. The number of aromatic nitrogens is 2. The van der Waals surface area contributed by atoms with Crippen LogP contribution in [0, 0.1) is 0 Å². The fourth-order valence-corrected chi connectivity index (χ4v) is 1.38. The van der Waals surface area contributed by atoms with Crippen LogP contribution in [0.2, 0.25) is 0 Å². The Balaban J connectivity index is 1.97. The molecule has 0 aliphatic rings. The highest BCUT2D eigenvalue weighted by Gasteiger charge is 2.04. The van der Waals surface area contributed by atoms with Crippen LogP contribution in [0.1, 0.15) is 15.9 Å². The second-order valence-electron chi connectivity index (χ2n) is 3.52. The van der Waals surface area contributed by atoms with Crippen molar-refractivity contribution >= 4 is 5.97 Å². The zero-order chi connectivity index (χ0) is 12.8. The van der Waals surface area contributed by atoms with Crippen LogP contribution >= 0.6 is 0 Å². The number of ether oxygens (including phenoxy) is 2. The summed E-state index contributed by atoms with van der Waals surface area (Å²) in [5, 5.41) is 0. The summed E-state index contributed by atoms with van der Waals surface area (Å²) in [6, 6.07) is 8.71. The third-order valence-corrected chi connectivity index (χ3v) is 2.32. The predicted molar refractivity (Wildman–Crippen MR) is 64.1 cm³/mol. The van der Waals surface area contributed by atoms with Gasteiger partial charge in [-0.15, -0.1) is 0 Å². The molecule has 0 aliphatic carbocycles. The van der Waals surface area contributed by atoms with Crippen molar-refractivity contribution in [3.63, 3.8) is 0 Å². The van der Waals surface area contributed by atoms with E-state index in [1.165, 1.54) is 13.4 Å². The summed E-state index contributed by atoms with van der Waals surface area (Å²) in [6.07, 6.45) is 3.04. The van der Waals surface area contributed by atoms with Crippen LogP contribution in [0.25, 0.3) is 0 Å². The maximum Gasteiger partial charge on any atom is 0.337 e. The molecule has 2 rings (SSSR count). The molecule has 1 aromatic carbocycles. The van der Waals surface area contributed by atoms with Crippen LogP contribution in [0.4, 0.5) is 0 Å². The van der Waals surface area contributed by atoms with Crippen molar-refractivity contribution in [3.8, 4) is 5.88 Å². The van der Waals surface area contributed by atoms with E-state index in [9.17, 15) is 4.79 Å². The Bertz CT molecular complexity index is 512. The van der Waals surface area contributed by atoms with Gasteiger partial charge in [-0.25, -0.2) is 14.8 Å². The lowest BCUT2D eigenvalue weighted by molar-refractivity contribution is 0.0600. The highest BCUT2D eigenvalue weighted by atomic mass is 16.5. The summed E-state index contributed by atoms with van der Waals surface area (Å²) >= 11 is 0. The van der Waals surface area contributed by atoms with E-state index in [-0.39, 0.29) is 5.97 Å². The number of hydrogen-bond donors (Lipinski definition) is 0. The van der Waals surface area contributed by atoms with Crippen molar-refractivity contribution < 1.29 is 14.3 Å². The maximum atomic E-state index is 11.2. The first-order chi connectivity index (χ1) is 8.79. The van der Waals surface area contributed by atoms with E-state index in [0.717, 1.165) is 5.56 Å². The van der Waals surface area contributed by atoms with Crippen LogP contribution in [-0.4, -0.2) is 23.0 Å². The molecule has 2 aromatic rings. The largest absolute Gasteiger partial charge is 0.473 e. The Labute approximate surface area is 104 Å². The van der Waals surface area contributed by atoms with Crippen molar-refractivity contribution in [1.29, 1.82) is 0 Å². The zero-order valence-corrected chi connectivity index (χ0v) is 9.87. The molecule has 0 spiro atoms. The van der Waals surface area contributed by atoms with E-state index in [0.29, 0.717) is 18.1 Å². The quantitative estimate of drug-likeness (QED) is 0.768. The lowest BCUT2D eigenvalue weighted by Gasteiger charge is -2.05. The van der Waals surface area contributed by atoms with Crippen LogP contribution in [-0.2, 0) is 11.3 Å². The normalized spacial score (nSPS) is 9.83. The predicted octanol–water partition coefficient (Wildman–Crippen LogP) is 1.84. The summed E-state index contributed by atoms with van der Waals surface area (Å²) in [5.74, 6) is 0.167. The molecule has 1 aromatic heterocycles. The van der Waals surface area contributed by atoms with E-state index < -0.39 is 0 Å². The zero-order valence-electron chi connectivity index (χ0n) is 9.87. The topological polar surface area (TPSA) is 61.3 Å². The van der Waals surface area contributed by atoms with E-state index in [1.807, 2.05) is 12.1 Å². The molecule has 5 heteroatoms. The molecule has 0 N–H and O–H groups in total. The molecule has 0 amide bonds. The van der Waals surface area contributed by atoms with Crippen molar-refractivity contribution in [3.05, 3.63) is 54.0 Å². The molecule has 0 unspecified atom stereocenters. The third-order valence-electron chi connectivity index (χ3n) is 2.32. The van der Waals surface area contributed by atoms with Crippen LogP contribution in [0.5, 0.6) is 5.88 Å². The molecule has 0 radical (unpaired) electrons. The number of rotatable bonds is 4. The Morgan fingerprint density at radius 2 is 2.00 bits per heavy atom. The van der Waals surface area contributed by atoms with Gasteiger partial charge in [-0.3, -0.25) is 0 Å². The van der Waals surface area contributed by atoms with Gasteiger partial charge in [0.25, 0.3) is 0 Å². The van der Waals surface area contributed by atoms with Crippen molar-refractivity contribution in [2.45, 2.75) is 6.61 Å². The van der Waals surface area contributed by atoms with Crippen LogP contribution in [0.15, 0.2) is 42.9 Å². The lowest BCUT2D eigenvalue weighted by atomic mass is 10.1. The molecule has 92 valence electrons. The molecule has 5 nitrogen and oxygen atoms in total. The minimum Gasteiger partial charge on any atom is -0.473 e. The van der Waals surface area contributed by atoms with Gasteiger partial charge in [0.15, 0.2) is 0 Å². The standard InChI is InChI=1S/C13H12N2O3/c1-17-13(16)11-4-2-10(3-5-11)8-18-12-6-7-14-9-15-12/h2-7,9H,8H2,1H3. The number of benzene rings is 1. The molecule has 1 heterocycles. The molecular formula is C13H12N2O3. The first-order valence-electron chi connectivity index (χ1n) is 5.35. The van der Waals surface area contributed by atoms with Gasteiger partial charge in [-0.1, -0.05) is 12.1 Å². The van der Waals surface area contributed by atoms with Crippen molar-refractivity contribution in [2.24, 2.45) is 0 Å². The van der Waals surface area contributed by atoms with Gasteiger partial charge in [0, 0.05) is 12.3 Å². The summed E-state index contributed by atoms with van der Waals surface area (Å²) in [7, 11) is 1.36. The maximum absolute atomic E-state index is 11.2. The molecule has 0 atom stereocenters. The average molecular weight is 244 g/mol. The Hall–Kier alpha value is -2.43. The molecular weight excluding hydrogens is 232 g/mol. The van der Waals surface area contributed by atoms with E-state index in [2.05, 4.69) is 14.7 Å². The summed E-state index contributed by atoms with van der Waals surface area (Å²) in [4.78, 5) is 19.0. The third kappa shape index (κ3) is 3.04. The van der Waals surface area contributed by atoms with Crippen LogP contribution < -0.4 is 4.74 Å². The van der Waals surface area contributed by atoms with E-state index >= 15 is 0 Å². The number of carbonyl (C=O) groups is 1.